The van der Waals surface area contributed by atoms with E-state index in [4.69, 9.17) is 14.6 Å². The number of aliphatic carboxylic acids is 1. The van der Waals surface area contributed by atoms with Crippen molar-refractivity contribution in [2.75, 3.05) is 46.6 Å². The van der Waals surface area contributed by atoms with Crippen LogP contribution in [0.1, 0.15) is 13.8 Å². The van der Waals surface area contributed by atoms with Crippen molar-refractivity contribution in [1.82, 2.24) is 10.2 Å². The topological polar surface area (TPSA) is 88.1 Å². The lowest BCUT2D eigenvalue weighted by atomic mass is 10.2. The number of amides is 2. The number of urea groups is 1. The zero-order valence-electron chi connectivity index (χ0n) is 11.8. The molecule has 19 heavy (non-hydrogen) atoms. The van der Waals surface area contributed by atoms with Gasteiger partial charge in [-0.2, -0.15) is 0 Å². The Morgan fingerprint density at radius 1 is 1.32 bits per heavy atom. The summed E-state index contributed by atoms with van der Waals surface area (Å²) in [6.45, 7) is 5.82. The molecule has 0 aliphatic heterocycles. The first kappa shape index (κ1) is 17.7. The van der Waals surface area contributed by atoms with Crippen LogP contribution < -0.4 is 5.32 Å². The van der Waals surface area contributed by atoms with Crippen LogP contribution in [-0.2, 0) is 14.3 Å². The molecule has 0 atom stereocenters. The molecule has 0 spiro atoms. The Morgan fingerprint density at radius 2 is 2.00 bits per heavy atom. The second-order valence-corrected chi connectivity index (χ2v) is 4.51. The number of rotatable bonds is 10. The molecule has 0 aromatic rings. The number of carbonyl (C=O) groups is 2. The largest absolute Gasteiger partial charge is 0.480 e. The van der Waals surface area contributed by atoms with E-state index in [2.05, 4.69) is 5.32 Å². The molecule has 2 N–H and O–H groups in total. The van der Waals surface area contributed by atoms with Gasteiger partial charge in [-0.15, -0.1) is 0 Å². The lowest BCUT2D eigenvalue weighted by molar-refractivity contribution is -0.142. The minimum Gasteiger partial charge on any atom is -0.480 e. The summed E-state index contributed by atoms with van der Waals surface area (Å²) >= 11 is 0. The highest BCUT2D eigenvalue weighted by molar-refractivity contribution is 5.74. The van der Waals surface area contributed by atoms with Gasteiger partial charge in [0.25, 0.3) is 0 Å². The van der Waals surface area contributed by atoms with E-state index >= 15 is 0 Å². The van der Waals surface area contributed by atoms with Crippen LogP contribution in [0.25, 0.3) is 0 Å². The summed E-state index contributed by atoms with van der Waals surface area (Å²) in [6, 6.07) is -0.190. The van der Waals surface area contributed by atoms with Crippen molar-refractivity contribution in [3.63, 3.8) is 0 Å². The monoisotopic (exact) mass is 276 g/mol. The van der Waals surface area contributed by atoms with Crippen molar-refractivity contribution < 1.29 is 24.2 Å². The predicted molar refractivity (Wildman–Crippen MR) is 70.1 cm³/mol. The Bertz CT molecular complexity index is 271. The minimum atomic E-state index is -1.02. The zero-order chi connectivity index (χ0) is 14.7. The number of nitrogens with one attached hydrogen (secondary N) is 1. The average Bonchev–Trinajstić information content (AvgIpc) is 2.32. The standard InChI is InChI=1S/C12H24N2O5/c1-10(2)8-14(5-7-18-3)12(17)13-4-6-19-9-11(15)16/h10H,4-9H2,1-3H3,(H,13,17)(H,15,16). The van der Waals surface area contributed by atoms with E-state index in [-0.39, 0.29) is 25.8 Å². The third-order valence-corrected chi connectivity index (χ3v) is 2.19. The Hall–Kier alpha value is -1.34. The first-order valence-electron chi connectivity index (χ1n) is 6.28. The highest BCUT2D eigenvalue weighted by Gasteiger charge is 2.13. The number of carboxylic acids is 1. The lowest BCUT2D eigenvalue weighted by Crippen LogP contribution is -2.44. The Morgan fingerprint density at radius 3 is 2.53 bits per heavy atom. The molecular weight excluding hydrogens is 252 g/mol. The second kappa shape index (κ2) is 10.6. The summed E-state index contributed by atoms with van der Waals surface area (Å²) in [4.78, 5) is 23.8. The number of hydrogen-bond donors (Lipinski definition) is 2. The lowest BCUT2D eigenvalue weighted by Gasteiger charge is -2.24. The Balaban J connectivity index is 3.92. The molecule has 0 unspecified atom stereocenters. The Labute approximate surface area is 113 Å². The van der Waals surface area contributed by atoms with Gasteiger partial charge < -0.3 is 24.8 Å². The van der Waals surface area contributed by atoms with Crippen molar-refractivity contribution in [2.45, 2.75) is 13.8 Å². The number of nitrogens with zero attached hydrogens (tertiary/aromatic N) is 1. The SMILES string of the molecule is COCCN(CC(C)C)C(=O)NCCOCC(=O)O. The molecule has 0 fully saturated rings. The molecule has 7 heteroatoms. The number of carboxylic acid groups (broad SMARTS) is 1. The fourth-order valence-corrected chi connectivity index (χ4v) is 1.42. The predicted octanol–water partition coefficient (Wildman–Crippen LogP) is 0.402. The molecule has 0 aliphatic rings. The van der Waals surface area contributed by atoms with E-state index in [9.17, 15) is 9.59 Å². The van der Waals surface area contributed by atoms with Gasteiger partial charge in [-0.3, -0.25) is 0 Å². The van der Waals surface area contributed by atoms with Crippen molar-refractivity contribution in [2.24, 2.45) is 5.92 Å². The van der Waals surface area contributed by atoms with Gasteiger partial charge in [0.15, 0.2) is 0 Å². The van der Waals surface area contributed by atoms with Crippen molar-refractivity contribution in [1.29, 1.82) is 0 Å². The van der Waals surface area contributed by atoms with E-state index in [0.717, 1.165) is 0 Å². The van der Waals surface area contributed by atoms with Gasteiger partial charge in [-0.05, 0) is 5.92 Å². The van der Waals surface area contributed by atoms with Crippen LogP contribution in [0, 0.1) is 5.92 Å². The molecule has 0 aromatic carbocycles. The molecular formula is C12H24N2O5. The summed E-state index contributed by atoms with van der Waals surface area (Å²) in [6.07, 6.45) is 0. The zero-order valence-corrected chi connectivity index (χ0v) is 11.8. The molecule has 0 bridgehead atoms. The number of methoxy groups -OCH3 is 1. The van der Waals surface area contributed by atoms with Crippen LogP contribution in [0.5, 0.6) is 0 Å². The molecule has 2 amide bonds. The maximum atomic E-state index is 11.9. The van der Waals surface area contributed by atoms with E-state index in [1.54, 1.807) is 12.0 Å². The number of carbonyl (C=O) groups excluding carboxylic acids is 1. The first-order chi connectivity index (χ1) is 8.97. The summed E-state index contributed by atoms with van der Waals surface area (Å²) in [5, 5.41) is 11.1. The molecule has 0 rings (SSSR count). The van der Waals surface area contributed by atoms with Gasteiger partial charge in [0.2, 0.25) is 0 Å². The molecule has 0 aromatic heterocycles. The second-order valence-electron chi connectivity index (χ2n) is 4.51. The molecule has 0 radical (unpaired) electrons. The summed E-state index contributed by atoms with van der Waals surface area (Å²) in [5.41, 5.74) is 0. The number of hydrogen-bond acceptors (Lipinski definition) is 4. The van der Waals surface area contributed by atoms with E-state index in [1.807, 2.05) is 13.8 Å². The molecule has 0 heterocycles. The first-order valence-corrected chi connectivity index (χ1v) is 6.28. The van der Waals surface area contributed by atoms with Gasteiger partial charge in [0.05, 0.1) is 13.2 Å². The maximum absolute atomic E-state index is 11.9. The summed E-state index contributed by atoms with van der Waals surface area (Å²) < 4.78 is 9.79. The van der Waals surface area contributed by atoms with Crippen LogP contribution in [0.2, 0.25) is 0 Å². The van der Waals surface area contributed by atoms with Gasteiger partial charge in [0.1, 0.15) is 6.61 Å². The fraction of sp³-hybridized carbons (Fsp3) is 0.833. The van der Waals surface area contributed by atoms with Crippen molar-refractivity contribution in [3.05, 3.63) is 0 Å². The molecule has 0 saturated carbocycles. The minimum absolute atomic E-state index is 0.178. The van der Waals surface area contributed by atoms with Crippen LogP contribution in [0.4, 0.5) is 4.79 Å². The third kappa shape index (κ3) is 10.3. The maximum Gasteiger partial charge on any atom is 0.329 e. The van der Waals surface area contributed by atoms with E-state index in [0.29, 0.717) is 25.6 Å². The summed E-state index contributed by atoms with van der Waals surface area (Å²) in [5.74, 6) is -0.654. The molecule has 112 valence electrons. The highest BCUT2D eigenvalue weighted by Crippen LogP contribution is 1.99. The smallest absolute Gasteiger partial charge is 0.329 e. The van der Waals surface area contributed by atoms with E-state index in [1.165, 1.54) is 0 Å². The van der Waals surface area contributed by atoms with Crippen LogP contribution in [0.15, 0.2) is 0 Å². The highest BCUT2D eigenvalue weighted by atomic mass is 16.5. The van der Waals surface area contributed by atoms with Crippen LogP contribution in [-0.4, -0.2) is 68.6 Å². The van der Waals surface area contributed by atoms with Crippen molar-refractivity contribution >= 4 is 12.0 Å². The van der Waals surface area contributed by atoms with E-state index < -0.39 is 5.97 Å². The normalized spacial score (nSPS) is 10.5. The average molecular weight is 276 g/mol. The fourth-order valence-electron chi connectivity index (χ4n) is 1.42. The summed E-state index contributed by atoms with van der Waals surface area (Å²) in [7, 11) is 1.59. The third-order valence-electron chi connectivity index (χ3n) is 2.19. The van der Waals surface area contributed by atoms with Gasteiger partial charge in [-0.1, -0.05) is 13.8 Å². The quantitative estimate of drug-likeness (QED) is 0.564. The van der Waals surface area contributed by atoms with Gasteiger partial charge >= 0.3 is 12.0 Å². The molecule has 0 aliphatic carbocycles. The van der Waals surface area contributed by atoms with Crippen molar-refractivity contribution in [3.8, 4) is 0 Å². The van der Waals surface area contributed by atoms with Gasteiger partial charge in [0, 0.05) is 26.7 Å². The molecule has 0 saturated heterocycles. The van der Waals surface area contributed by atoms with Crippen LogP contribution >= 0.6 is 0 Å². The number of ether oxygens (including phenoxy) is 2. The van der Waals surface area contributed by atoms with Gasteiger partial charge in [-0.25, -0.2) is 9.59 Å². The Kier molecular flexibility index (Phi) is 9.82. The van der Waals surface area contributed by atoms with Crippen LogP contribution in [0.3, 0.4) is 0 Å². The molecule has 7 nitrogen and oxygen atoms in total.